The maximum absolute atomic E-state index is 14.6. The van der Waals surface area contributed by atoms with Crippen LogP contribution in [0.2, 0.25) is 10.0 Å². The SMILES string of the molecule is Cc1ccc(N2C(=O)[C@H]3[C@H](CC=C4[C@H]3C[C@H]3C(=O)N(c5ccc(F)c(Cl)c5)C(=O)[C@@]3(C)[C@H]4c3cc(C)c(O)c(C)c3)C2=O)cc1Cl. The Morgan fingerprint density at radius 2 is 1.43 bits per heavy atom. The molecule has 3 aromatic carbocycles. The molecule has 2 aliphatic carbocycles. The van der Waals surface area contributed by atoms with Crippen molar-refractivity contribution in [3.05, 3.63) is 98.3 Å². The Labute approximate surface area is 275 Å². The molecule has 7 nitrogen and oxygen atoms in total. The molecule has 4 amide bonds. The molecule has 6 atom stereocenters. The van der Waals surface area contributed by atoms with Crippen LogP contribution in [-0.2, 0) is 19.2 Å². The second-order valence-corrected chi connectivity index (χ2v) is 14.0. The lowest BCUT2D eigenvalue weighted by Gasteiger charge is -2.49. The third-order valence-electron chi connectivity index (χ3n) is 10.7. The van der Waals surface area contributed by atoms with E-state index in [1.807, 2.05) is 25.1 Å². The van der Waals surface area contributed by atoms with Crippen LogP contribution in [0.5, 0.6) is 5.75 Å². The molecule has 2 saturated heterocycles. The minimum absolute atomic E-state index is 0.135. The number of fused-ring (bicyclic) bond motifs is 4. The Balaban J connectivity index is 1.38. The van der Waals surface area contributed by atoms with Crippen molar-refractivity contribution in [2.24, 2.45) is 29.1 Å². The highest BCUT2D eigenvalue weighted by atomic mass is 35.5. The molecule has 236 valence electrons. The summed E-state index contributed by atoms with van der Waals surface area (Å²) in [5, 5.41) is 10.8. The minimum Gasteiger partial charge on any atom is -0.507 e. The number of allylic oxidation sites excluding steroid dienone is 2. The number of halogens is 3. The summed E-state index contributed by atoms with van der Waals surface area (Å²) in [5.74, 6) is -5.50. The molecular weight excluding hydrogens is 630 g/mol. The van der Waals surface area contributed by atoms with Crippen molar-refractivity contribution < 1.29 is 28.7 Å². The summed E-state index contributed by atoms with van der Waals surface area (Å²) >= 11 is 12.5. The Hall–Kier alpha value is -4.01. The lowest BCUT2D eigenvalue weighted by Crippen LogP contribution is -2.49. The number of amides is 4. The first kappa shape index (κ1) is 30.6. The summed E-state index contributed by atoms with van der Waals surface area (Å²) in [6.07, 6.45) is 2.44. The standard InChI is InChI=1S/C36H31Cl2FN2O5/c1-16-5-6-20(13-26(16)37)40-32(43)23-9-8-22-24(29(23)34(40)45)15-25-33(44)41(21-7-10-28(39)27(38)14-21)35(46)36(25,4)30(22)19-11-17(2)31(42)18(3)12-19/h5-8,10-14,23-25,29-30,42H,9,15H2,1-4H3/t23-,24+,25-,29-,30-,36+/m0/s1. The van der Waals surface area contributed by atoms with E-state index in [1.165, 1.54) is 17.0 Å². The van der Waals surface area contributed by atoms with Gasteiger partial charge in [0.05, 0.1) is 39.6 Å². The van der Waals surface area contributed by atoms with Gasteiger partial charge in [-0.05, 0) is 99.0 Å². The Morgan fingerprint density at radius 3 is 2.09 bits per heavy atom. The predicted molar refractivity (Wildman–Crippen MR) is 172 cm³/mol. The summed E-state index contributed by atoms with van der Waals surface area (Å²) < 4.78 is 14.1. The second-order valence-electron chi connectivity index (χ2n) is 13.2. The summed E-state index contributed by atoms with van der Waals surface area (Å²) in [4.78, 5) is 59.3. The lowest BCUT2D eigenvalue weighted by atomic mass is 9.51. The number of imide groups is 2. The molecule has 0 spiro atoms. The van der Waals surface area contributed by atoms with Crippen molar-refractivity contribution in [2.45, 2.75) is 46.5 Å². The van der Waals surface area contributed by atoms with Gasteiger partial charge in [0.15, 0.2) is 0 Å². The molecule has 2 aliphatic heterocycles. The molecule has 2 heterocycles. The van der Waals surface area contributed by atoms with Gasteiger partial charge in [0.25, 0.3) is 0 Å². The van der Waals surface area contributed by atoms with E-state index in [-0.39, 0.29) is 34.7 Å². The van der Waals surface area contributed by atoms with E-state index in [9.17, 15) is 28.7 Å². The van der Waals surface area contributed by atoms with E-state index < -0.39 is 52.6 Å². The molecule has 0 aromatic heterocycles. The molecule has 7 rings (SSSR count). The smallest absolute Gasteiger partial charge is 0.241 e. The Kier molecular flexibility index (Phi) is 7.00. The molecule has 0 unspecified atom stereocenters. The van der Waals surface area contributed by atoms with Gasteiger partial charge in [-0.2, -0.15) is 0 Å². The van der Waals surface area contributed by atoms with Crippen molar-refractivity contribution >= 4 is 58.2 Å². The summed E-state index contributed by atoms with van der Waals surface area (Å²) in [6, 6.07) is 12.5. The van der Waals surface area contributed by atoms with E-state index in [0.717, 1.165) is 27.7 Å². The minimum atomic E-state index is -1.28. The second kappa shape index (κ2) is 10.5. The van der Waals surface area contributed by atoms with Gasteiger partial charge >= 0.3 is 0 Å². The molecule has 10 heteroatoms. The van der Waals surface area contributed by atoms with Crippen molar-refractivity contribution in [1.82, 2.24) is 0 Å². The molecule has 0 radical (unpaired) electrons. The number of benzene rings is 3. The lowest BCUT2D eigenvalue weighted by molar-refractivity contribution is -0.131. The van der Waals surface area contributed by atoms with Crippen LogP contribution in [0, 0.1) is 55.7 Å². The van der Waals surface area contributed by atoms with Gasteiger partial charge in [-0.25, -0.2) is 14.2 Å². The number of aromatic hydroxyl groups is 1. The van der Waals surface area contributed by atoms with E-state index >= 15 is 0 Å². The Morgan fingerprint density at radius 1 is 0.804 bits per heavy atom. The van der Waals surface area contributed by atoms with E-state index in [1.54, 1.807) is 39.0 Å². The van der Waals surface area contributed by atoms with Gasteiger partial charge in [-0.3, -0.25) is 19.2 Å². The summed E-state index contributed by atoms with van der Waals surface area (Å²) in [6.45, 7) is 7.16. The maximum atomic E-state index is 14.6. The molecule has 46 heavy (non-hydrogen) atoms. The van der Waals surface area contributed by atoms with Crippen molar-refractivity contribution in [2.75, 3.05) is 9.80 Å². The fourth-order valence-electron chi connectivity index (χ4n) is 8.40. The van der Waals surface area contributed by atoms with Crippen LogP contribution >= 0.6 is 23.2 Å². The first-order valence-corrected chi connectivity index (χ1v) is 16.0. The zero-order valence-electron chi connectivity index (χ0n) is 25.6. The van der Waals surface area contributed by atoms with Gasteiger partial charge in [0.1, 0.15) is 11.6 Å². The molecule has 1 saturated carbocycles. The zero-order valence-corrected chi connectivity index (χ0v) is 27.1. The monoisotopic (exact) mass is 660 g/mol. The molecule has 0 bridgehead atoms. The number of anilines is 2. The van der Waals surface area contributed by atoms with Gasteiger partial charge in [0, 0.05) is 10.9 Å². The third kappa shape index (κ3) is 4.15. The van der Waals surface area contributed by atoms with Crippen LogP contribution in [0.3, 0.4) is 0 Å². The van der Waals surface area contributed by atoms with Crippen LogP contribution in [0.1, 0.15) is 47.9 Å². The number of rotatable bonds is 3. The molecular formula is C36H31Cl2FN2O5. The number of nitrogens with zero attached hydrogens (tertiary/aromatic N) is 2. The number of phenols is 1. The fraction of sp³-hybridized carbons (Fsp3) is 0.333. The van der Waals surface area contributed by atoms with Crippen LogP contribution < -0.4 is 9.80 Å². The zero-order chi connectivity index (χ0) is 33.0. The van der Waals surface area contributed by atoms with Gasteiger partial charge in [0.2, 0.25) is 23.6 Å². The highest BCUT2D eigenvalue weighted by molar-refractivity contribution is 6.32. The largest absolute Gasteiger partial charge is 0.507 e. The van der Waals surface area contributed by atoms with Crippen LogP contribution in [0.4, 0.5) is 15.8 Å². The number of phenolic OH excluding ortho intramolecular Hbond substituents is 1. The normalized spacial score (nSPS) is 28.8. The Bertz CT molecular complexity index is 1920. The van der Waals surface area contributed by atoms with Crippen molar-refractivity contribution in [3.63, 3.8) is 0 Å². The molecule has 4 aliphatic rings. The van der Waals surface area contributed by atoms with E-state index in [2.05, 4.69) is 0 Å². The van der Waals surface area contributed by atoms with Gasteiger partial charge < -0.3 is 5.11 Å². The topological polar surface area (TPSA) is 95.0 Å². The van der Waals surface area contributed by atoms with Crippen LogP contribution in [-0.4, -0.2) is 28.7 Å². The highest BCUT2D eigenvalue weighted by Gasteiger charge is 2.67. The maximum Gasteiger partial charge on any atom is 0.241 e. The number of hydrogen-bond donors (Lipinski definition) is 1. The first-order valence-electron chi connectivity index (χ1n) is 15.2. The quantitative estimate of drug-likeness (QED) is 0.237. The van der Waals surface area contributed by atoms with Crippen molar-refractivity contribution in [1.29, 1.82) is 0 Å². The van der Waals surface area contributed by atoms with Crippen LogP contribution in [0.15, 0.2) is 60.2 Å². The summed E-state index contributed by atoms with van der Waals surface area (Å²) in [5.41, 5.74) is 2.88. The van der Waals surface area contributed by atoms with Crippen LogP contribution in [0.25, 0.3) is 0 Å². The average Bonchev–Trinajstić information content (AvgIpc) is 3.38. The summed E-state index contributed by atoms with van der Waals surface area (Å²) in [7, 11) is 0. The molecule has 3 aromatic rings. The molecule has 1 N–H and O–H groups in total. The predicted octanol–water partition coefficient (Wildman–Crippen LogP) is 7.20. The number of carbonyl (C=O) groups excluding carboxylic acids is 4. The number of carbonyl (C=O) groups is 4. The van der Waals surface area contributed by atoms with Crippen molar-refractivity contribution in [3.8, 4) is 5.75 Å². The third-order valence-corrected chi connectivity index (χ3v) is 11.4. The average molecular weight is 662 g/mol. The molecule has 3 fully saturated rings. The van der Waals surface area contributed by atoms with Gasteiger partial charge in [-0.1, -0.05) is 53.1 Å². The number of aryl methyl sites for hydroxylation is 3. The first-order chi connectivity index (χ1) is 21.7. The highest BCUT2D eigenvalue weighted by Crippen LogP contribution is 2.64. The van der Waals surface area contributed by atoms with Gasteiger partial charge in [-0.15, -0.1) is 0 Å². The van der Waals surface area contributed by atoms with E-state index in [4.69, 9.17) is 23.2 Å². The number of hydrogen-bond acceptors (Lipinski definition) is 5. The van der Waals surface area contributed by atoms with E-state index in [0.29, 0.717) is 28.3 Å². The fourth-order valence-corrected chi connectivity index (χ4v) is 8.75.